The minimum Gasteiger partial charge on any atom is -0.315 e. The van der Waals surface area contributed by atoms with E-state index < -0.39 is 0 Å². The van der Waals surface area contributed by atoms with Gasteiger partial charge in [0.15, 0.2) is 0 Å². The van der Waals surface area contributed by atoms with Gasteiger partial charge in [-0.15, -0.1) is 0 Å². The van der Waals surface area contributed by atoms with Gasteiger partial charge in [-0.25, -0.2) is 0 Å². The lowest BCUT2D eigenvalue weighted by Crippen LogP contribution is -2.31. The van der Waals surface area contributed by atoms with Gasteiger partial charge >= 0.3 is 0 Å². The predicted octanol–water partition coefficient (Wildman–Crippen LogP) is 1.13. The van der Waals surface area contributed by atoms with Crippen molar-refractivity contribution in [2.75, 3.05) is 6.54 Å². The van der Waals surface area contributed by atoms with Crippen LogP contribution in [0.25, 0.3) is 0 Å². The summed E-state index contributed by atoms with van der Waals surface area (Å²) in [7, 11) is 0. The van der Waals surface area contributed by atoms with Crippen molar-refractivity contribution in [1.82, 2.24) is 10.2 Å². The molecule has 0 radical (unpaired) electrons. The quantitative estimate of drug-likeness (QED) is 0.662. The molecule has 2 aliphatic rings. The normalized spacial score (nSPS) is 29.2. The molecule has 3 rings (SSSR count). The second-order valence-corrected chi connectivity index (χ2v) is 3.96. The number of amides is 1. The summed E-state index contributed by atoms with van der Waals surface area (Å²) >= 11 is 0. The van der Waals surface area contributed by atoms with Gasteiger partial charge in [-0.1, -0.05) is 18.2 Å². The Morgan fingerprint density at radius 1 is 1.43 bits per heavy atom. The van der Waals surface area contributed by atoms with Gasteiger partial charge in [0.25, 0.3) is 5.91 Å². The van der Waals surface area contributed by atoms with Gasteiger partial charge in [0.05, 0.1) is 0 Å². The molecule has 2 atom stereocenters. The van der Waals surface area contributed by atoms with E-state index in [9.17, 15) is 4.79 Å². The van der Waals surface area contributed by atoms with Crippen LogP contribution < -0.4 is 5.32 Å². The highest BCUT2D eigenvalue weighted by atomic mass is 16.2. The summed E-state index contributed by atoms with van der Waals surface area (Å²) in [6, 6.07) is 8.15. The first-order chi connectivity index (χ1) is 6.79. The van der Waals surface area contributed by atoms with E-state index in [4.69, 9.17) is 0 Å². The van der Waals surface area contributed by atoms with Crippen LogP contribution in [0.5, 0.6) is 0 Å². The first kappa shape index (κ1) is 8.00. The highest BCUT2D eigenvalue weighted by Gasteiger charge is 2.42. The molecule has 2 heterocycles. The van der Waals surface area contributed by atoms with Crippen LogP contribution in [0.1, 0.15) is 29.0 Å². The molecule has 1 aromatic rings. The number of carbonyl (C=O) groups excluding carboxylic acids is 1. The molecule has 0 spiro atoms. The Morgan fingerprint density at radius 2 is 2.21 bits per heavy atom. The minimum absolute atomic E-state index is 0.119. The van der Waals surface area contributed by atoms with Crippen LogP contribution in [-0.4, -0.2) is 23.4 Å². The largest absolute Gasteiger partial charge is 0.315 e. The number of nitrogens with one attached hydrogen (secondary N) is 1. The van der Waals surface area contributed by atoms with E-state index in [2.05, 4.69) is 12.2 Å². The van der Waals surface area contributed by atoms with Crippen LogP contribution >= 0.6 is 0 Å². The van der Waals surface area contributed by atoms with Gasteiger partial charge < -0.3 is 4.90 Å². The molecule has 2 unspecified atom stereocenters. The van der Waals surface area contributed by atoms with Crippen LogP contribution in [0.15, 0.2) is 24.3 Å². The maximum atomic E-state index is 12.0. The molecular formula is C11H12N2O. The molecule has 72 valence electrons. The molecule has 2 aliphatic heterocycles. The molecule has 14 heavy (non-hydrogen) atoms. The number of hydrogen-bond acceptors (Lipinski definition) is 2. The molecule has 0 bridgehead atoms. The average molecular weight is 188 g/mol. The topological polar surface area (TPSA) is 32.3 Å². The fraction of sp³-hybridized carbons (Fsp3) is 0.364. The molecule has 1 aromatic carbocycles. The third-order valence-corrected chi connectivity index (χ3v) is 3.08. The van der Waals surface area contributed by atoms with E-state index >= 15 is 0 Å². The Morgan fingerprint density at radius 3 is 3.07 bits per heavy atom. The summed E-state index contributed by atoms with van der Waals surface area (Å²) in [6.07, 6.45) is 0.119. The van der Waals surface area contributed by atoms with Gasteiger partial charge in [0.1, 0.15) is 6.17 Å². The average Bonchev–Trinajstić information content (AvgIpc) is 2.70. The Bertz CT molecular complexity index is 402. The Hall–Kier alpha value is -1.35. The highest BCUT2D eigenvalue weighted by molar-refractivity contribution is 5.99. The van der Waals surface area contributed by atoms with Gasteiger partial charge in [0, 0.05) is 23.7 Å². The Balaban J connectivity index is 2.15. The summed E-state index contributed by atoms with van der Waals surface area (Å²) in [5.41, 5.74) is 1.98. The van der Waals surface area contributed by atoms with E-state index in [-0.39, 0.29) is 12.1 Å². The first-order valence-corrected chi connectivity index (χ1v) is 4.94. The summed E-state index contributed by atoms with van der Waals surface area (Å²) in [5.74, 6) is 0.170. The zero-order valence-electron chi connectivity index (χ0n) is 8.03. The molecule has 1 amide bonds. The third kappa shape index (κ3) is 0.826. The summed E-state index contributed by atoms with van der Waals surface area (Å²) in [6.45, 7) is 2.97. The zero-order chi connectivity index (χ0) is 9.71. The molecule has 0 aromatic heterocycles. The van der Waals surface area contributed by atoms with E-state index in [1.54, 1.807) is 0 Å². The lowest BCUT2D eigenvalue weighted by Gasteiger charge is -2.19. The van der Waals surface area contributed by atoms with E-state index in [1.807, 2.05) is 29.2 Å². The van der Waals surface area contributed by atoms with Gasteiger partial charge in [-0.2, -0.15) is 0 Å². The molecule has 0 aliphatic carbocycles. The first-order valence-electron chi connectivity index (χ1n) is 4.94. The van der Waals surface area contributed by atoms with E-state index in [0.29, 0.717) is 6.04 Å². The van der Waals surface area contributed by atoms with Crippen molar-refractivity contribution in [2.45, 2.75) is 19.1 Å². The number of benzene rings is 1. The molecule has 3 heteroatoms. The summed E-state index contributed by atoms with van der Waals surface area (Å²) < 4.78 is 0. The van der Waals surface area contributed by atoms with Crippen molar-refractivity contribution >= 4 is 5.91 Å². The Kier molecular flexibility index (Phi) is 1.47. The monoisotopic (exact) mass is 188 g/mol. The molecule has 3 nitrogen and oxygen atoms in total. The molecule has 0 saturated carbocycles. The second-order valence-electron chi connectivity index (χ2n) is 3.96. The number of fused-ring (bicyclic) bond motifs is 3. The zero-order valence-corrected chi connectivity index (χ0v) is 8.03. The van der Waals surface area contributed by atoms with E-state index in [1.165, 1.54) is 0 Å². The second kappa shape index (κ2) is 2.58. The van der Waals surface area contributed by atoms with Gasteiger partial charge in [-0.3, -0.25) is 10.1 Å². The van der Waals surface area contributed by atoms with Crippen LogP contribution in [0.4, 0.5) is 0 Å². The summed E-state index contributed by atoms with van der Waals surface area (Å²) in [5, 5.41) is 3.36. The lowest BCUT2D eigenvalue weighted by atomic mass is 10.1. The number of rotatable bonds is 0. The van der Waals surface area contributed by atoms with Crippen LogP contribution in [-0.2, 0) is 0 Å². The van der Waals surface area contributed by atoms with Gasteiger partial charge in [0.2, 0.25) is 0 Å². The van der Waals surface area contributed by atoms with Crippen molar-refractivity contribution in [1.29, 1.82) is 0 Å². The molecule has 1 fully saturated rings. The maximum Gasteiger partial charge on any atom is 0.256 e. The van der Waals surface area contributed by atoms with Crippen molar-refractivity contribution in [2.24, 2.45) is 0 Å². The fourth-order valence-electron chi connectivity index (χ4n) is 2.38. The van der Waals surface area contributed by atoms with E-state index in [0.717, 1.165) is 17.7 Å². The Labute approximate surface area is 82.7 Å². The van der Waals surface area contributed by atoms with Gasteiger partial charge in [-0.05, 0) is 13.0 Å². The number of nitrogens with zero attached hydrogens (tertiary/aromatic N) is 1. The standard InChI is InChI=1S/C11H12N2O/c1-7-6-12-10-8-4-2-3-5-9(8)11(14)13(7)10/h2-5,7,10,12H,6H2,1H3. The van der Waals surface area contributed by atoms with Crippen LogP contribution in [0, 0.1) is 0 Å². The molecule has 1 N–H and O–H groups in total. The van der Waals surface area contributed by atoms with Crippen LogP contribution in [0.2, 0.25) is 0 Å². The lowest BCUT2D eigenvalue weighted by molar-refractivity contribution is 0.0721. The fourth-order valence-corrected chi connectivity index (χ4v) is 2.38. The minimum atomic E-state index is 0.119. The van der Waals surface area contributed by atoms with Crippen molar-refractivity contribution in [3.05, 3.63) is 35.4 Å². The highest BCUT2D eigenvalue weighted by Crippen LogP contribution is 2.35. The number of hydrogen-bond donors (Lipinski definition) is 1. The maximum absolute atomic E-state index is 12.0. The van der Waals surface area contributed by atoms with Crippen LogP contribution in [0.3, 0.4) is 0 Å². The summed E-state index contributed by atoms with van der Waals surface area (Å²) in [4.78, 5) is 13.9. The molecular weight excluding hydrogens is 176 g/mol. The number of carbonyl (C=O) groups is 1. The predicted molar refractivity (Wildman–Crippen MR) is 52.8 cm³/mol. The molecule has 1 saturated heterocycles. The third-order valence-electron chi connectivity index (χ3n) is 3.08. The van der Waals surface area contributed by atoms with Crippen molar-refractivity contribution in [3.8, 4) is 0 Å². The van der Waals surface area contributed by atoms with Crippen molar-refractivity contribution in [3.63, 3.8) is 0 Å². The smallest absolute Gasteiger partial charge is 0.256 e. The van der Waals surface area contributed by atoms with Crippen molar-refractivity contribution < 1.29 is 4.79 Å². The SMILES string of the molecule is CC1CNC2c3ccccc3C(=O)N12.